The van der Waals surface area contributed by atoms with Gasteiger partial charge >= 0.3 is 0 Å². The summed E-state index contributed by atoms with van der Waals surface area (Å²) in [5, 5.41) is 3.69. The highest BCUT2D eigenvalue weighted by Crippen LogP contribution is 2.23. The minimum Gasteiger partial charge on any atom is -0.314 e. The standard InChI is InChI=1S/C11H15ClN2O2S.ClH/c1-9-8-10(12)2-3-11(9)17(15,16)14-6-4-13-5-7-14;/h2-3,8,13H,4-7H2,1H3;1H. The first-order valence-corrected chi connectivity index (χ1v) is 7.30. The van der Waals surface area contributed by atoms with Gasteiger partial charge in [-0.2, -0.15) is 4.31 Å². The van der Waals surface area contributed by atoms with Gasteiger partial charge in [-0.1, -0.05) is 11.6 Å². The van der Waals surface area contributed by atoms with Crippen molar-refractivity contribution in [1.82, 2.24) is 9.62 Å². The Morgan fingerprint density at radius 1 is 1.28 bits per heavy atom. The molecule has 1 fully saturated rings. The number of benzene rings is 1. The molecule has 0 aromatic heterocycles. The Hall–Kier alpha value is -0.330. The van der Waals surface area contributed by atoms with Crippen molar-refractivity contribution >= 4 is 34.0 Å². The van der Waals surface area contributed by atoms with Crippen LogP contribution >= 0.6 is 24.0 Å². The van der Waals surface area contributed by atoms with Gasteiger partial charge in [-0.15, -0.1) is 12.4 Å². The molecule has 0 saturated carbocycles. The maximum atomic E-state index is 12.4. The minimum atomic E-state index is -3.37. The topological polar surface area (TPSA) is 49.4 Å². The van der Waals surface area contributed by atoms with E-state index in [1.165, 1.54) is 4.31 Å². The summed E-state index contributed by atoms with van der Waals surface area (Å²) >= 11 is 5.83. The van der Waals surface area contributed by atoms with E-state index in [4.69, 9.17) is 11.6 Å². The Morgan fingerprint density at radius 2 is 1.89 bits per heavy atom. The van der Waals surface area contributed by atoms with Crippen LogP contribution in [0.15, 0.2) is 23.1 Å². The van der Waals surface area contributed by atoms with Gasteiger partial charge in [0.15, 0.2) is 0 Å². The number of rotatable bonds is 2. The number of nitrogens with one attached hydrogen (secondary N) is 1. The third kappa shape index (κ3) is 3.16. The zero-order valence-electron chi connectivity index (χ0n) is 10.0. The molecule has 1 saturated heterocycles. The van der Waals surface area contributed by atoms with E-state index in [-0.39, 0.29) is 12.4 Å². The van der Waals surface area contributed by atoms with Crippen molar-refractivity contribution in [2.75, 3.05) is 26.2 Å². The largest absolute Gasteiger partial charge is 0.314 e. The summed E-state index contributed by atoms with van der Waals surface area (Å²) in [6, 6.07) is 4.87. The smallest absolute Gasteiger partial charge is 0.243 e. The molecule has 0 amide bonds. The van der Waals surface area contributed by atoms with Crippen LogP contribution in [0.2, 0.25) is 5.02 Å². The SMILES string of the molecule is Cc1cc(Cl)ccc1S(=O)(=O)N1CCNCC1.Cl. The third-order valence-electron chi connectivity index (χ3n) is 2.83. The van der Waals surface area contributed by atoms with Crippen LogP contribution in [-0.2, 0) is 10.0 Å². The van der Waals surface area contributed by atoms with Gasteiger partial charge in [0, 0.05) is 31.2 Å². The van der Waals surface area contributed by atoms with E-state index in [1.54, 1.807) is 25.1 Å². The Labute approximate surface area is 119 Å². The van der Waals surface area contributed by atoms with Crippen molar-refractivity contribution in [3.63, 3.8) is 0 Å². The number of hydrogen-bond acceptors (Lipinski definition) is 3. The number of sulfonamides is 1. The van der Waals surface area contributed by atoms with E-state index in [9.17, 15) is 8.42 Å². The lowest BCUT2D eigenvalue weighted by Crippen LogP contribution is -2.46. The highest BCUT2D eigenvalue weighted by molar-refractivity contribution is 7.89. The Balaban J connectivity index is 0.00000162. The van der Waals surface area contributed by atoms with Crippen molar-refractivity contribution < 1.29 is 8.42 Å². The van der Waals surface area contributed by atoms with Crippen LogP contribution in [0.5, 0.6) is 0 Å². The lowest BCUT2D eigenvalue weighted by atomic mass is 10.2. The number of aryl methyl sites for hydroxylation is 1. The highest BCUT2D eigenvalue weighted by atomic mass is 35.5. The Kier molecular flexibility index (Phi) is 5.43. The number of piperazine rings is 1. The average Bonchev–Trinajstić information content (AvgIpc) is 2.29. The third-order valence-corrected chi connectivity index (χ3v) is 5.12. The summed E-state index contributed by atoms with van der Waals surface area (Å²) in [6.07, 6.45) is 0. The molecular formula is C11H16Cl2N2O2S. The maximum Gasteiger partial charge on any atom is 0.243 e. The molecule has 1 aromatic carbocycles. The molecule has 102 valence electrons. The van der Waals surface area contributed by atoms with Crippen molar-refractivity contribution in [3.05, 3.63) is 28.8 Å². The van der Waals surface area contributed by atoms with Crippen LogP contribution < -0.4 is 5.32 Å². The predicted molar refractivity (Wildman–Crippen MR) is 75.1 cm³/mol. The molecule has 0 bridgehead atoms. The molecule has 4 nitrogen and oxygen atoms in total. The fourth-order valence-electron chi connectivity index (χ4n) is 1.93. The van der Waals surface area contributed by atoms with Crippen LogP contribution in [0.25, 0.3) is 0 Å². The molecule has 0 spiro atoms. The molecule has 0 radical (unpaired) electrons. The van der Waals surface area contributed by atoms with Crippen molar-refractivity contribution in [2.45, 2.75) is 11.8 Å². The molecule has 2 rings (SSSR count). The second-order valence-corrected chi connectivity index (χ2v) is 6.41. The Bertz CT molecular complexity index is 514. The predicted octanol–water partition coefficient (Wildman–Crippen LogP) is 1.66. The van der Waals surface area contributed by atoms with Crippen LogP contribution in [0.3, 0.4) is 0 Å². The van der Waals surface area contributed by atoms with Crippen LogP contribution in [-0.4, -0.2) is 38.9 Å². The molecule has 18 heavy (non-hydrogen) atoms. The molecule has 1 aromatic rings. The quantitative estimate of drug-likeness (QED) is 0.904. The summed E-state index contributed by atoms with van der Waals surface area (Å²) in [6.45, 7) is 4.20. The van der Waals surface area contributed by atoms with E-state index in [0.29, 0.717) is 41.7 Å². The number of hydrogen-bond donors (Lipinski definition) is 1. The summed E-state index contributed by atoms with van der Waals surface area (Å²) in [4.78, 5) is 0.351. The Morgan fingerprint density at radius 3 is 2.44 bits per heavy atom. The lowest BCUT2D eigenvalue weighted by Gasteiger charge is -2.27. The van der Waals surface area contributed by atoms with Crippen molar-refractivity contribution in [1.29, 1.82) is 0 Å². The van der Waals surface area contributed by atoms with E-state index in [0.717, 1.165) is 0 Å². The van der Waals surface area contributed by atoms with Gasteiger partial charge in [0.1, 0.15) is 0 Å². The van der Waals surface area contributed by atoms with Gasteiger partial charge in [0.25, 0.3) is 0 Å². The molecule has 0 aliphatic carbocycles. The van der Waals surface area contributed by atoms with Gasteiger partial charge in [0.2, 0.25) is 10.0 Å². The monoisotopic (exact) mass is 310 g/mol. The van der Waals surface area contributed by atoms with Gasteiger partial charge in [-0.25, -0.2) is 8.42 Å². The van der Waals surface area contributed by atoms with Gasteiger partial charge in [-0.05, 0) is 30.7 Å². The van der Waals surface area contributed by atoms with E-state index in [2.05, 4.69) is 5.32 Å². The highest BCUT2D eigenvalue weighted by Gasteiger charge is 2.26. The van der Waals surface area contributed by atoms with E-state index < -0.39 is 10.0 Å². The average molecular weight is 311 g/mol. The zero-order valence-corrected chi connectivity index (χ0v) is 12.4. The molecule has 7 heteroatoms. The molecule has 1 aliphatic heterocycles. The minimum absolute atomic E-state index is 0. The first-order valence-electron chi connectivity index (χ1n) is 5.49. The van der Waals surface area contributed by atoms with Gasteiger partial charge < -0.3 is 5.32 Å². The van der Waals surface area contributed by atoms with Crippen molar-refractivity contribution in [2.24, 2.45) is 0 Å². The lowest BCUT2D eigenvalue weighted by molar-refractivity contribution is 0.360. The summed E-state index contributed by atoms with van der Waals surface area (Å²) < 4.78 is 26.3. The second-order valence-electron chi connectivity index (χ2n) is 4.06. The summed E-state index contributed by atoms with van der Waals surface area (Å²) in [7, 11) is -3.37. The fraction of sp³-hybridized carbons (Fsp3) is 0.455. The molecule has 1 N–H and O–H groups in total. The molecule has 0 atom stereocenters. The van der Waals surface area contributed by atoms with Crippen LogP contribution in [0, 0.1) is 6.92 Å². The molecular weight excluding hydrogens is 295 g/mol. The molecule has 1 heterocycles. The summed E-state index contributed by atoms with van der Waals surface area (Å²) in [5.41, 5.74) is 0.691. The number of halogens is 2. The molecule has 0 unspecified atom stereocenters. The normalized spacial score (nSPS) is 17.2. The second kappa shape index (κ2) is 6.21. The van der Waals surface area contributed by atoms with Gasteiger partial charge in [0.05, 0.1) is 4.90 Å². The first-order chi connectivity index (χ1) is 8.01. The van der Waals surface area contributed by atoms with Crippen LogP contribution in [0.4, 0.5) is 0 Å². The molecule has 1 aliphatic rings. The maximum absolute atomic E-state index is 12.4. The van der Waals surface area contributed by atoms with Crippen molar-refractivity contribution in [3.8, 4) is 0 Å². The zero-order chi connectivity index (χ0) is 12.5. The number of nitrogens with zero attached hydrogens (tertiary/aromatic N) is 1. The van der Waals surface area contributed by atoms with E-state index in [1.807, 2.05) is 0 Å². The fourth-order valence-corrected chi connectivity index (χ4v) is 3.80. The van der Waals surface area contributed by atoms with Crippen LogP contribution in [0.1, 0.15) is 5.56 Å². The summed E-state index contributed by atoms with van der Waals surface area (Å²) in [5.74, 6) is 0. The first kappa shape index (κ1) is 15.7. The van der Waals surface area contributed by atoms with E-state index >= 15 is 0 Å². The van der Waals surface area contributed by atoms with Gasteiger partial charge in [-0.3, -0.25) is 0 Å².